The van der Waals surface area contributed by atoms with E-state index in [0.717, 1.165) is 11.8 Å². The second kappa shape index (κ2) is 6.24. The first-order valence-corrected chi connectivity index (χ1v) is 4.42. The van der Waals surface area contributed by atoms with E-state index in [1.807, 2.05) is 6.92 Å². The van der Waals surface area contributed by atoms with Crippen LogP contribution in [-0.4, -0.2) is 23.4 Å². The van der Waals surface area contributed by atoms with Crippen molar-refractivity contribution < 1.29 is 9.90 Å². The Labute approximate surface area is 70.7 Å². The number of hydrogen-bond acceptors (Lipinski definition) is 3. The van der Waals surface area contributed by atoms with Gasteiger partial charge in [-0.2, -0.15) is 0 Å². The van der Waals surface area contributed by atoms with Gasteiger partial charge in [0.2, 0.25) is 0 Å². The molecule has 0 amide bonds. The molecule has 4 heteroatoms. The highest BCUT2D eigenvalue weighted by molar-refractivity contribution is 8.02. The molecule has 0 radical (unpaired) electrons. The first-order valence-electron chi connectivity index (χ1n) is 3.38. The van der Waals surface area contributed by atoms with Crippen molar-refractivity contribution in [1.82, 2.24) is 0 Å². The summed E-state index contributed by atoms with van der Waals surface area (Å²) in [6.45, 7) is 2.68. The fourth-order valence-electron chi connectivity index (χ4n) is 0.394. The largest absolute Gasteiger partial charge is 0.478 e. The third-order valence-corrected chi connectivity index (χ3v) is 2.18. The number of aliphatic carboxylic acids is 1. The third kappa shape index (κ3) is 7.42. The van der Waals surface area contributed by atoms with Gasteiger partial charge in [0.1, 0.15) is 0 Å². The van der Waals surface area contributed by atoms with Crippen LogP contribution in [0, 0.1) is 5.92 Å². The minimum absolute atomic E-state index is 0.443. The first-order chi connectivity index (χ1) is 5.16. The van der Waals surface area contributed by atoms with Crippen LogP contribution in [0.3, 0.4) is 0 Å². The monoisotopic (exact) mass is 175 g/mol. The van der Waals surface area contributed by atoms with Gasteiger partial charge in [-0.25, -0.2) is 4.79 Å². The molecule has 0 heterocycles. The Balaban J connectivity index is 3.33. The molecule has 0 aromatic rings. The number of thioether (sulfide) groups is 1. The van der Waals surface area contributed by atoms with Crippen molar-refractivity contribution >= 4 is 17.7 Å². The van der Waals surface area contributed by atoms with Crippen molar-refractivity contribution in [1.29, 1.82) is 0 Å². The number of carboxylic acids is 1. The predicted octanol–water partition coefficient (Wildman–Crippen LogP) is 0.913. The Morgan fingerprint density at radius 2 is 2.45 bits per heavy atom. The number of rotatable bonds is 5. The van der Waals surface area contributed by atoms with E-state index in [1.165, 1.54) is 11.8 Å². The molecule has 0 aromatic carbocycles. The maximum Gasteiger partial charge on any atom is 0.328 e. The van der Waals surface area contributed by atoms with Crippen LogP contribution in [0.2, 0.25) is 0 Å². The number of nitrogens with two attached hydrogens (primary N) is 1. The molecule has 3 nitrogen and oxygen atoms in total. The molecule has 0 aromatic heterocycles. The Bertz CT molecular complexity index is 147. The van der Waals surface area contributed by atoms with Gasteiger partial charge >= 0.3 is 5.97 Å². The van der Waals surface area contributed by atoms with Gasteiger partial charge in [-0.3, -0.25) is 0 Å². The maximum atomic E-state index is 9.99. The van der Waals surface area contributed by atoms with Crippen molar-refractivity contribution in [3.05, 3.63) is 11.5 Å². The molecule has 0 aliphatic carbocycles. The number of carboxylic acid groups (broad SMARTS) is 1. The van der Waals surface area contributed by atoms with Gasteiger partial charge in [-0.15, -0.1) is 11.8 Å². The predicted molar refractivity (Wildman–Crippen MR) is 47.5 cm³/mol. The van der Waals surface area contributed by atoms with Crippen LogP contribution in [-0.2, 0) is 4.79 Å². The zero-order valence-corrected chi connectivity index (χ0v) is 7.30. The van der Waals surface area contributed by atoms with Gasteiger partial charge in [0.05, 0.1) is 0 Å². The SMILES string of the molecule is CC(CN)CSC=CC(=O)O. The summed E-state index contributed by atoms with van der Waals surface area (Å²) in [5.41, 5.74) is 5.36. The topological polar surface area (TPSA) is 63.3 Å². The van der Waals surface area contributed by atoms with Crippen LogP contribution in [0.1, 0.15) is 6.92 Å². The van der Waals surface area contributed by atoms with Gasteiger partial charge in [0.15, 0.2) is 0 Å². The summed E-state index contributed by atoms with van der Waals surface area (Å²) in [5, 5.41) is 9.79. The Morgan fingerprint density at radius 1 is 1.82 bits per heavy atom. The van der Waals surface area contributed by atoms with Gasteiger partial charge in [0.25, 0.3) is 0 Å². The normalized spacial score (nSPS) is 13.6. The molecule has 0 bridgehead atoms. The zero-order valence-electron chi connectivity index (χ0n) is 6.49. The van der Waals surface area contributed by atoms with Gasteiger partial charge in [0, 0.05) is 11.8 Å². The molecule has 11 heavy (non-hydrogen) atoms. The van der Waals surface area contributed by atoms with E-state index >= 15 is 0 Å². The molecule has 0 saturated carbocycles. The van der Waals surface area contributed by atoms with Gasteiger partial charge in [-0.1, -0.05) is 6.92 Å². The third-order valence-electron chi connectivity index (χ3n) is 1.09. The summed E-state index contributed by atoms with van der Waals surface area (Å²) in [6, 6.07) is 0. The van der Waals surface area contributed by atoms with Crippen molar-refractivity contribution in [3.63, 3.8) is 0 Å². The van der Waals surface area contributed by atoms with E-state index in [-0.39, 0.29) is 0 Å². The number of hydrogen-bond donors (Lipinski definition) is 2. The smallest absolute Gasteiger partial charge is 0.328 e. The molecule has 0 spiro atoms. The Morgan fingerprint density at radius 3 is 2.91 bits per heavy atom. The lowest BCUT2D eigenvalue weighted by Gasteiger charge is -2.03. The molecule has 0 aliphatic rings. The van der Waals surface area contributed by atoms with E-state index in [0.29, 0.717) is 12.5 Å². The van der Waals surface area contributed by atoms with Gasteiger partial charge < -0.3 is 10.8 Å². The summed E-state index contributed by atoms with van der Waals surface area (Å²) in [5.74, 6) is 0.414. The minimum atomic E-state index is -0.905. The fourth-order valence-corrected chi connectivity index (χ4v) is 1.18. The fraction of sp³-hybridized carbons (Fsp3) is 0.571. The molecule has 0 fully saturated rings. The van der Waals surface area contributed by atoms with Crippen LogP contribution in [0.15, 0.2) is 11.5 Å². The molecular formula is C7H13NO2S. The Hall–Kier alpha value is -0.480. The molecule has 1 atom stereocenters. The lowest BCUT2D eigenvalue weighted by atomic mass is 10.2. The van der Waals surface area contributed by atoms with Crippen molar-refractivity contribution in [2.75, 3.05) is 12.3 Å². The zero-order chi connectivity index (χ0) is 8.69. The summed E-state index contributed by atoms with van der Waals surface area (Å²) in [6.07, 6.45) is 1.13. The number of carbonyl (C=O) groups is 1. The van der Waals surface area contributed by atoms with E-state index < -0.39 is 5.97 Å². The molecule has 0 aliphatic heterocycles. The average molecular weight is 175 g/mol. The quantitative estimate of drug-likeness (QED) is 0.610. The van der Waals surface area contributed by atoms with Crippen molar-refractivity contribution in [2.45, 2.75) is 6.92 Å². The van der Waals surface area contributed by atoms with Crippen molar-refractivity contribution in [2.24, 2.45) is 11.7 Å². The second-order valence-electron chi connectivity index (χ2n) is 2.32. The highest BCUT2D eigenvalue weighted by Crippen LogP contribution is 2.07. The van der Waals surface area contributed by atoms with Crippen LogP contribution in [0.4, 0.5) is 0 Å². The highest BCUT2D eigenvalue weighted by atomic mass is 32.2. The standard InChI is InChI=1S/C7H13NO2S/c1-6(4-8)5-11-3-2-7(9)10/h2-3,6H,4-5,8H2,1H3,(H,9,10). The molecule has 0 saturated heterocycles. The lowest BCUT2D eigenvalue weighted by Crippen LogP contribution is -2.12. The molecule has 1 unspecified atom stereocenters. The van der Waals surface area contributed by atoms with Crippen LogP contribution in [0.25, 0.3) is 0 Å². The average Bonchev–Trinajstić information content (AvgIpc) is 1.97. The van der Waals surface area contributed by atoms with Crippen LogP contribution < -0.4 is 5.73 Å². The van der Waals surface area contributed by atoms with E-state index in [1.54, 1.807) is 5.41 Å². The molecule has 3 N–H and O–H groups in total. The van der Waals surface area contributed by atoms with Gasteiger partial charge in [-0.05, 0) is 17.9 Å². The lowest BCUT2D eigenvalue weighted by molar-refractivity contribution is -0.131. The molecular weight excluding hydrogens is 162 g/mol. The van der Waals surface area contributed by atoms with Crippen molar-refractivity contribution in [3.8, 4) is 0 Å². The minimum Gasteiger partial charge on any atom is -0.478 e. The maximum absolute atomic E-state index is 9.99. The highest BCUT2D eigenvalue weighted by Gasteiger charge is 1.96. The van der Waals surface area contributed by atoms with Crippen LogP contribution in [0.5, 0.6) is 0 Å². The summed E-state index contributed by atoms with van der Waals surface area (Å²) in [4.78, 5) is 9.99. The second-order valence-corrected chi connectivity index (χ2v) is 3.25. The molecule has 64 valence electrons. The molecule has 0 rings (SSSR count). The van der Waals surface area contributed by atoms with E-state index in [9.17, 15) is 4.79 Å². The Kier molecular flexibility index (Phi) is 5.97. The van der Waals surface area contributed by atoms with E-state index in [2.05, 4.69) is 0 Å². The summed E-state index contributed by atoms with van der Waals surface area (Å²) in [7, 11) is 0. The van der Waals surface area contributed by atoms with E-state index in [4.69, 9.17) is 10.8 Å². The summed E-state index contributed by atoms with van der Waals surface area (Å²) < 4.78 is 0. The van der Waals surface area contributed by atoms with Crippen LogP contribution >= 0.6 is 11.8 Å². The first kappa shape index (κ1) is 10.5. The summed E-state index contributed by atoms with van der Waals surface area (Å²) >= 11 is 1.47.